The van der Waals surface area contributed by atoms with E-state index in [1.807, 2.05) is 30.3 Å². The molecular formula is C15H19N3O. The van der Waals surface area contributed by atoms with Crippen LogP contribution in [0.5, 0.6) is 0 Å². The molecule has 19 heavy (non-hydrogen) atoms. The van der Waals surface area contributed by atoms with E-state index in [4.69, 9.17) is 5.84 Å². The Morgan fingerprint density at radius 3 is 2.63 bits per heavy atom. The molecule has 0 radical (unpaired) electrons. The molecule has 0 bridgehead atoms. The van der Waals surface area contributed by atoms with Gasteiger partial charge in [-0.15, -0.1) is 0 Å². The Kier molecular flexibility index (Phi) is 3.03. The molecule has 0 spiro atoms. The van der Waals surface area contributed by atoms with Crippen molar-refractivity contribution in [2.75, 3.05) is 18.9 Å². The molecule has 1 unspecified atom stereocenters. The summed E-state index contributed by atoms with van der Waals surface area (Å²) in [6.07, 6.45) is 2.43. The third kappa shape index (κ3) is 2.02. The van der Waals surface area contributed by atoms with Gasteiger partial charge in [0.05, 0.1) is 5.52 Å². The minimum atomic E-state index is -0.0851. The Bertz CT molecular complexity index is 656. The summed E-state index contributed by atoms with van der Waals surface area (Å²) in [7, 11) is 0. The number of pyridine rings is 1. The quantitative estimate of drug-likeness (QED) is 0.836. The molecule has 3 rings (SSSR count). The molecule has 1 fully saturated rings. The van der Waals surface area contributed by atoms with Crippen molar-refractivity contribution in [2.45, 2.75) is 25.8 Å². The Hall–Kier alpha value is -1.81. The van der Waals surface area contributed by atoms with Gasteiger partial charge in [0.15, 0.2) is 0 Å². The number of hydrogen-bond donors (Lipinski definition) is 1. The van der Waals surface area contributed by atoms with Gasteiger partial charge in [-0.05, 0) is 45.0 Å². The predicted octanol–water partition coefficient (Wildman–Crippen LogP) is 1.87. The second kappa shape index (κ2) is 4.70. The molecule has 4 heteroatoms. The Balaban J connectivity index is 2.13. The molecule has 0 aliphatic carbocycles. The summed E-state index contributed by atoms with van der Waals surface area (Å²) in [5, 5.41) is 1.02. The van der Waals surface area contributed by atoms with Crippen molar-refractivity contribution in [3.63, 3.8) is 0 Å². The van der Waals surface area contributed by atoms with Crippen LogP contribution in [0.2, 0.25) is 0 Å². The number of nitrogen functional groups attached to an aromatic ring is 1. The number of nitrogens with zero attached hydrogens (tertiary/aromatic N) is 2. The highest BCUT2D eigenvalue weighted by molar-refractivity contribution is 5.79. The van der Waals surface area contributed by atoms with Gasteiger partial charge in [0.25, 0.3) is 5.56 Å². The van der Waals surface area contributed by atoms with Crippen molar-refractivity contribution in [2.24, 2.45) is 0 Å². The zero-order valence-electron chi connectivity index (χ0n) is 11.2. The smallest absolute Gasteiger partial charge is 0.273 e. The second-order valence-electron chi connectivity index (χ2n) is 5.25. The lowest BCUT2D eigenvalue weighted by Crippen LogP contribution is -2.35. The van der Waals surface area contributed by atoms with Crippen molar-refractivity contribution < 1.29 is 0 Å². The van der Waals surface area contributed by atoms with Crippen LogP contribution in [0.1, 0.15) is 31.4 Å². The predicted molar refractivity (Wildman–Crippen MR) is 77.6 cm³/mol. The zero-order chi connectivity index (χ0) is 13.4. The van der Waals surface area contributed by atoms with E-state index in [2.05, 4.69) is 11.8 Å². The maximum Gasteiger partial charge on any atom is 0.273 e. The van der Waals surface area contributed by atoms with Gasteiger partial charge in [-0.3, -0.25) is 9.69 Å². The molecule has 0 saturated carbocycles. The van der Waals surface area contributed by atoms with E-state index in [9.17, 15) is 4.79 Å². The number of para-hydroxylation sites is 1. The van der Waals surface area contributed by atoms with Gasteiger partial charge in [0, 0.05) is 17.0 Å². The maximum absolute atomic E-state index is 12.4. The largest absolute Gasteiger partial charge is 0.336 e. The molecule has 1 aliphatic heterocycles. The topological polar surface area (TPSA) is 51.3 Å². The van der Waals surface area contributed by atoms with Gasteiger partial charge in [-0.2, -0.15) is 0 Å². The molecule has 4 nitrogen and oxygen atoms in total. The van der Waals surface area contributed by atoms with E-state index in [-0.39, 0.29) is 11.6 Å². The van der Waals surface area contributed by atoms with E-state index in [1.165, 1.54) is 17.5 Å². The third-order valence-electron chi connectivity index (χ3n) is 4.11. The molecule has 1 aromatic heterocycles. The summed E-state index contributed by atoms with van der Waals surface area (Å²) in [6.45, 7) is 4.23. The van der Waals surface area contributed by atoms with Crippen LogP contribution in [0.25, 0.3) is 10.9 Å². The molecule has 1 atom stereocenters. The second-order valence-corrected chi connectivity index (χ2v) is 5.25. The first-order chi connectivity index (χ1) is 9.18. The third-order valence-corrected chi connectivity index (χ3v) is 4.11. The number of hydrogen-bond acceptors (Lipinski definition) is 3. The monoisotopic (exact) mass is 257 g/mol. The fourth-order valence-corrected chi connectivity index (χ4v) is 2.93. The van der Waals surface area contributed by atoms with Crippen LogP contribution in [0.15, 0.2) is 35.1 Å². The molecule has 100 valence electrons. The lowest BCUT2D eigenvalue weighted by molar-refractivity contribution is 0.261. The Morgan fingerprint density at radius 2 is 1.89 bits per heavy atom. The van der Waals surface area contributed by atoms with Crippen LogP contribution in [0.4, 0.5) is 0 Å². The van der Waals surface area contributed by atoms with Crippen LogP contribution >= 0.6 is 0 Å². The maximum atomic E-state index is 12.4. The van der Waals surface area contributed by atoms with Crippen LogP contribution in [0.3, 0.4) is 0 Å². The highest BCUT2D eigenvalue weighted by Gasteiger charge is 2.22. The fraction of sp³-hybridized carbons (Fsp3) is 0.400. The van der Waals surface area contributed by atoms with E-state index in [1.54, 1.807) is 0 Å². The van der Waals surface area contributed by atoms with Gasteiger partial charge >= 0.3 is 0 Å². The number of benzene rings is 1. The van der Waals surface area contributed by atoms with Crippen molar-refractivity contribution in [1.82, 2.24) is 9.58 Å². The molecule has 0 amide bonds. The first-order valence-corrected chi connectivity index (χ1v) is 6.82. The van der Waals surface area contributed by atoms with Crippen molar-refractivity contribution >= 4 is 10.9 Å². The Labute approximate surface area is 112 Å². The average molecular weight is 257 g/mol. The van der Waals surface area contributed by atoms with Crippen molar-refractivity contribution in [1.29, 1.82) is 0 Å². The summed E-state index contributed by atoms with van der Waals surface area (Å²) in [6, 6.07) is 9.87. The molecule has 2 aromatic rings. The minimum absolute atomic E-state index is 0.0851. The standard InChI is InChI=1S/C15H19N3O/c1-11(17-8-4-5-9-17)13-10-12-6-2-3-7-14(12)18(16)15(13)19/h2-3,6-7,10-11H,4-5,8-9,16H2,1H3. The average Bonchev–Trinajstić information content (AvgIpc) is 2.96. The normalized spacial score (nSPS) is 17.9. The highest BCUT2D eigenvalue weighted by atomic mass is 16.1. The van der Waals surface area contributed by atoms with Gasteiger partial charge in [-0.1, -0.05) is 18.2 Å². The minimum Gasteiger partial charge on any atom is -0.336 e. The Morgan fingerprint density at radius 1 is 1.21 bits per heavy atom. The number of fused-ring (bicyclic) bond motifs is 1. The van der Waals surface area contributed by atoms with E-state index < -0.39 is 0 Å². The zero-order valence-corrected chi connectivity index (χ0v) is 11.2. The van der Waals surface area contributed by atoms with Crippen LogP contribution < -0.4 is 11.4 Å². The van der Waals surface area contributed by atoms with Crippen molar-refractivity contribution in [3.8, 4) is 0 Å². The summed E-state index contributed by atoms with van der Waals surface area (Å²) in [5.74, 6) is 5.94. The van der Waals surface area contributed by atoms with Gasteiger partial charge in [-0.25, -0.2) is 4.68 Å². The number of aromatic nitrogens is 1. The van der Waals surface area contributed by atoms with E-state index >= 15 is 0 Å². The fourth-order valence-electron chi connectivity index (χ4n) is 2.93. The van der Waals surface area contributed by atoms with E-state index in [0.717, 1.165) is 29.6 Å². The summed E-state index contributed by atoms with van der Waals surface area (Å²) < 4.78 is 1.28. The van der Waals surface area contributed by atoms with Crippen LogP contribution in [-0.4, -0.2) is 22.7 Å². The lowest BCUT2D eigenvalue weighted by Gasteiger charge is -2.24. The first-order valence-electron chi connectivity index (χ1n) is 6.82. The van der Waals surface area contributed by atoms with Gasteiger partial charge in [0.1, 0.15) is 0 Å². The molecule has 2 N–H and O–H groups in total. The van der Waals surface area contributed by atoms with E-state index in [0.29, 0.717) is 0 Å². The van der Waals surface area contributed by atoms with Crippen molar-refractivity contribution in [3.05, 3.63) is 46.2 Å². The highest BCUT2D eigenvalue weighted by Crippen LogP contribution is 2.24. The lowest BCUT2D eigenvalue weighted by atomic mass is 10.1. The number of nitrogens with two attached hydrogens (primary N) is 1. The molecular weight excluding hydrogens is 238 g/mol. The van der Waals surface area contributed by atoms with Crippen LogP contribution in [0, 0.1) is 0 Å². The molecule has 1 aliphatic rings. The summed E-state index contributed by atoms with van der Waals surface area (Å²) in [5.41, 5.74) is 1.49. The molecule has 1 saturated heterocycles. The summed E-state index contributed by atoms with van der Waals surface area (Å²) in [4.78, 5) is 14.7. The molecule has 1 aromatic carbocycles. The first kappa shape index (κ1) is 12.2. The van der Waals surface area contributed by atoms with Gasteiger partial charge < -0.3 is 5.84 Å². The number of likely N-dealkylation sites (tertiary alicyclic amines) is 1. The van der Waals surface area contributed by atoms with Gasteiger partial charge in [0.2, 0.25) is 0 Å². The SMILES string of the molecule is CC(c1cc2ccccc2n(N)c1=O)N1CCCC1. The molecule has 2 heterocycles. The summed E-state index contributed by atoms with van der Waals surface area (Å²) >= 11 is 0. The number of rotatable bonds is 2. The van der Waals surface area contributed by atoms with Crippen LogP contribution in [-0.2, 0) is 0 Å².